The first kappa shape index (κ1) is 27.4. The first-order valence-corrected chi connectivity index (χ1v) is 14.3. The van der Waals surface area contributed by atoms with Crippen LogP contribution in [0.3, 0.4) is 0 Å². The molecule has 202 valence electrons. The van der Waals surface area contributed by atoms with Crippen molar-refractivity contribution in [1.29, 1.82) is 0 Å². The Morgan fingerprint density at radius 2 is 1.92 bits per heavy atom. The summed E-state index contributed by atoms with van der Waals surface area (Å²) in [4.78, 5) is 28.4. The molecule has 10 heteroatoms. The van der Waals surface area contributed by atoms with Crippen molar-refractivity contribution in [1.82, 2.24) is 15.1 Å². The molecular formula is C29H28Cl2N4O3S. The summed E-state index contributed by atoms with van der Waals surface area (Å²) >= 11 is 14.6. The maximum Gasteiger partial charge on any atom is 0.240 e. The minimum absolute atomic E-state index is 0.162. The second-order valence-electron chi connectivity index (χ2n) is 10.3. The Morgan fingerprint density at radius 1 is 1.13 bits per heavy atom. The third kappa shape index (κ3) is 5.73. The van der Waals surface area contributed by atoms with E-state index in [4.69, 9.17) is 32.7 Å². The van der Waals surface area contributed by atoms with Crippen LogP contribution in [0.5, 0.6) is 0 Å². The number of fused-ring (bicyclic) bond motifs is 1. The Bertz CT molecular complexity index is 1510. The number of thioether (sulfide) groups is 1. The predicted octanol–water partition coefficient (Wildman–Crippen LogP) is 6.56. The molecule has 2 aromatic carbocycles. The summed E-state index contributed by atoms with van der Waals surface area (Å²) in [6.45, 7) is 6.29. The third-order valence-corrected chi connectivity index (χ3v) is 8.20. The minimum atomic E-state index is -0.380. The maximum absolute atomic E-state index is 13.7. The molecule has 4 aromatic rings. The number of nitrogens with zero attached hydrogens (tertiary/aromatic N) is 3. The van der Waals surface area contributed by atoms with E-state index in [0.29, 0.717) is 27.3 Å². The maximum atomic E-state index is 13.7. The van der Waals surface area contributed by atoms with Crippen LogP contribution in [-0.4, -0.2) is 33.9 Å². The highest BCUT2D eigenvalue weighted by Gasteiger charge is 2.40. The second-order valence-corrected chi connectivity index (χ2v) is 12.2. The quantitative estimate of drug-likeness (QED) is 0.278. The average Bonchev–Trinajstić information content (AvgIpc) is 3.53. The van der Waals surface area contributed by atoms with Crippen molar-refractivity contribution in [2.75, 3.05) is 17.2 Å². The van der Waals surface area contributed by atoms with Crippen LogP contribution in [0.2, 0.25) is 10.0 Å². The third-order valence-electron chi connectivity index (χ3n) is 6.38. The highest BCUT2D eigenvalue weighted by molar-refractivity contribution is 8.00. The fourth-order valence-electron chi connectivity index (χ4n) is 4.59. The number of aromatic nitrogens is 2. The van der Waals surface area contributed by atoms with Gasteiger partial charge >= 0.3 is 0 Å². The van der Waals surface area contributed by atoms with Crippen molar-refractivity contribution in [3.63, 3.8) is 0 Å². The van der Waals surface area contributed by atoms with Crippen LogP contribution >= 0.6 is 35.0 Å². The van der Waals surface area contributed by atoms with Gasteiger partial charge in [-0.2, -0.15) is 5.10 Å². The number of halogens is 2. The van der Waals surface area contributed by atoms with Gasteiger partial charge in [-0.05, 0) is 42.0 Å². The summed E-state index contributed by atoms with van der Waals surface area (Å²) in [6, 6.07) is 18.5. The number of furan rings is 1. The topological polar surface area (TPSA) is 80.4 Å². The highest BCUT2D eigenvalue weighted by Crippen LogP contribution is 2.49. The van der Waals surface area contributed by atoms with Gasteiger partial charge in [0.2, 0.25) is 11.8 Å². The Kier molecular flexibility index (Phi) is 7.80. The van der Waals surface area contributed by atoms with Gasteiger partial charge in [-0.3, -0.25) is 14.5 Å². The van der Waals surface area contributed by atoms with E-state index in [1.807, 2.05) is 36.4 Å². The van der Waals surface area contributed by atoms with E-state index in [9.17, 15) is 9.59 Å². The zero-order chi connectivity index (χ0) is 27.7. The molecule has 0 fully saturated rings. The molecule has 0 bridgehead atoms. The Morgan fingerprint density at radius 3 is 2.62 bits per heavy atom. The van der Waals surface area contributed by atoms with E-state index in [1.165, 1.54) is 16.7 Å². The molecule has 1 aliphatic rings. The lowest BCUT2D eigenvalue weighted by atomic mass is 9.87. The second kappa shape index (κ2) is 11.1. The van der Waals surface area contributed by atoms with Gasteiger partial charge < -0.3 is 9.73 Å². The molecular weight excluding hydrogens is 555 g/mol. The first-order valence-electron chi connectivity index (χ1n) is 12.5. The van der Waals surface area contributed by atoms with Crippen LogP contribution in [-0.2, 0) is 21.5 Å². The van der Waals surface area contributed by atoms with E-state index in [1.54, 1.807) is 35.2 Å². The standard InChI is InChI=1S/C29H28Cl2N4O3S/c1-29(2,3)27-25-26(21-11-4-5-12-22(21)31)39-17-24(37)34(16-23(36)32-15-20-10-7-13-38-20)28(25)35(33-27)19-9-6-8-18(30)14-19/h4-14,26H,15-17H2,1-3H3,(H,32,36). The molecule has 0 aliphatic carbocycles. The molecule has 39 heavy (non-hydrogen) atoms. The molecule has 0 saturated carbocycles. The molecule has 0 saturated heterocycles. The van der Waals surface area contributed by atoms with Crippen LogP contribution in [0.15, 0.2) is 71.3 Å². The van der Waals surface area contributed by atoms with Gasteiger partial charge in [0.15, 0.2) is 0 Å². The van der Waals surface area contributed by atoms with Gasteiger partial charge in [-0.25, -0.2) is 4.68 Å². The van der Waals surface area contributed by atoms with E-state index in [0.717, 1.165) is 16.8 Å². The molecule has 7 nitrogen and oxygen atoms in total. The van der Waals surface area contributed by atoms with E-state index >= 15 is 0 Å². The van der Waals surface area contributed by atoms with E-state index in [-0.39, 0.29) is 41.3 Å². The van der Waals surface area contributed by atoms with Crippen LogP contribution in [0.1, 0.15) is 48.6 Å². The Hall–Kier alpha value is -3.20. The Balaban J connectivity index is 1.69. The average molecular weight is 584 g/mol. The lowest BCUT2D eigenvalue weighted by molar-refractivity contribution is -0.123. The molecule has 3 heterocycles. The van der Waals surface area contributed by atoms with Crippen molar-refractivity contribution in [3.05, 3.63) is 99.6 Å². The number of carbonyl (C=O) groups excluding carboxylic acids is 2. The van der Waals surface area contributed by atoms with Gasteiger partial charge in [-0.15, -0.1) is 11.8 Å². The van der Waals surface area contributed by atoms with Gasteiger partial charge in [0, 0.05) is 21.0 Å². The molecule has 1 unspecified atom stereocenters. The normalized spacial score (nSPS) is 15.7. The van der Waals surface area contributed by atoms with Gasteiger partial charge in [-0.1, -0.05) is 68.2 Å². The highest BCUT2D eigenvalue weighted by atomic mass is 35.5. The number of benzene rings is 2. The molecule has 5 rings (SSSR count). The fraction of sp³-hybridized carbons (Fsp3) is 0.276. The van der Waals surface area contributed by atoms with Crippen molar-refractivity contribution >= 4 is 52.6 Å². The fourth-order valence-corrected chi connectivity index (χ4v) is 6.32. The molecule has 1 aliphatic heterocycles. The number of hydrogen-bond donors (Lipinski definition) is 1. The number of amides is 2. The van der Waals surface area contributed by atoms with Crippen molar-refractivity contribution in [3.8, 4) is 5.69 Å². The van der Waals surface area contributed by atoms with Crippen LogP contribution < -0.4 is 10.2 Å². The summed E-state index contributed by atoms with van der Waals surface area (Å²) in [6.07, 6.45) is 1.55. The van der Waals surface area contributed by atoms with E-state index in [2.05, 4.69) is 26.1 Å². The predicted molar refractivity (Wildman–Crippen MR) is 156 cm³/mol. The largest absolute Gasteiger partial charge is 0.467 e. The number of rotatable bonds is 6. The minimum Gasteiger partial charge on any atom is -0.467 e. The van der Waals surface area contributed by atoms with Gasteiger partial charge in [0.25, 0.3) is 0 Å². The SMILES string of the molecule is CC(C)(C)c1nn(-c2cccc(Cl)c2)c2c1C(c1ccccc1Cl)SCC(=O)N2CC(=O)NCc1ccco1. The monoisotopic (exact) mass is 582 g/mol. The summed E-state index contributed by atoms with van der Waals surface area (Å²) in [5, 5.41) is 8.78. The number of carbonyl (C=O) groups is 2. The molecule has 0 spiro atoms. The number of anilines is 1. The van der Waals surface area contributed by atoms with Crippen LogP contribution in [0.4, 0.5) is 5.82 Å². The van der Waals surface area contributed by atoms with E-state index < -0.39 is 0 Å². The summed E-state index contributed by atoms with van der Waals surface area (Å²) in [5.41, 5.74) is 2.86. The molecule has 1 atom stereocenters. The number of hydrogen-bond acceptors (Lipinski definition) is 5. The lowest BCUT2D eigenvalue weighted by Gasteiger charge is -2.25. The van der Waals surface area contributed by atoms with Crippen molar-refractivity contribution in [2.45, 2.75) is 38.0 Å². The van der Waals surface area contributed by atoms with Gasteiger partial charge in [0.05, 0.1) is 35.2 Å². The van der Waals surface area contributed by atoms with Crippen molar-refractivity contribution < 1.29 is 14.0 Å². The first-order chi connectivity index (χ1) is 18.6. The number of nitrogens with one attached hydrogen (secondary N) is 1. The summed E-state index contributed by atoms with van der Waals surface area (Å²) in [7, 11) is 0. The molecule has 0 radical (unpaired) electrons. The molecule has 2 amide bonds. The molecule has 2 aromatic heterocycles. The lowest BCUT2D eigenvalue weighted by Crippen LogP contribution is -2.42. The zero-order valence-corrected chi connectivity index (χ0v) is 24.1. The summed E-state index contributed by atoms with van der Waals surface area (Å²) in [5.74, 6) is 0.806. The van der Waals surface area contributed by atoms with Crippen molar-refractivity contribution in [2.24, 2.45) is 0 Å². The van der Waals surface area contributed by atoms with Crippen LogP contribution in [0.25, 0.3) is 5.69 Å². The summed E-state index contributed by atoms with van der Waals surface area (Å²) < 4.78 is 7.07. The molecule has 1 N–H and O–H groups in total. The van der Waals surface area contributed by atoms with Crippen LogP contribution in [0, 0.1) is 0 Å². The zero-order valence-electron chi connectivity index (χ0n) is 21.8. The smallest absolute Gasteiger partial charge is 0.240 e. The Labute approximate surface area is 241 Å². The van der Waals surface area contributed by atoms with Gasteiger partial charge in [0.1, 0.15) is 18.1 Å².